The highest BCUT2D eigenvalue weighted by Crippen LogP contribution is 2.60. The number of allylic oxidation sites excluding steroid dienone is 2. The summed E-state index contributed by atoms with van der Waals surface area (Å²) in [6.45, 7) is 8.81. The van der Waals surface area contributed by atoms with Crippen LogP contribution in [-0.2, 0) is 9.31 Å². The maximum absolute atomic E-state index is 14.9. The maximum Gasteiger partial charge on any atom is 0.490 e. The molecule has 1 aliphatic rings. The van der Waals surface area contributed by atoms with Crippen LogP contribution in [0.2, 0.25) is 19.1 Å². The number of halogens is 13. The third-order valence-corrected chi connectivity index (χ3v) is 10.3. The summed E-state index contributed by atoms with van der Waals surface area (Å²) >= 11 is 0. The fraction of sp³-hybridized carbons (Fsp3) is 0.652. The van der Waals surface area contributed by atoms with Gasteiger partial charge in [0, 0.05) is 0 Å². The average Bonchev–Trinajstić information content (AvgIpc) is 2.99. The molecule has 0 unspecified atom stereocenters. The molecule has 0 aliphatic carbocycles. The van der Waals surface area contributed by atoms with Crippen LogP contribution in [0.3, 0.4) is 0 Å². The van der Waals surface area contributed by atoms with Crippen LogP contribution in [0.5, 0.6) is 0 Å². The molecule has 1 aromatic rings. The smallest absolute Gasteiger partial charge is 0.400 e. The first kappa shape index (κ1) is 34.5. The Morgan fingerprint density at radius 3 is 1.50 bits per heavy atom. The van der Waals surface area contributed by atoms with Crippen LogP contribution in [0.4, 0.5) is 57.1 Å². The summed E-state index contributed by atoms with van der Waals surface area (Å²) in [4.78, 5) is 0. The van der Waals surface area contributed by atoms with Crippen LogP contribution >= 0.6 is 0 Å². The topological polar surface area (TPSA) is 18.5 Å². The van der Waals surface area contributed by atoms with E-state index in [0.29, 0.717) is 5.19 Å². The highest BCUT2D eigenvalue weighted by molar-refractivity contribution is 6.91. The second-order valence-electron chi connectivity index (χ2n) is 11.2. The largest absolute Gasteiger partial charge is 0.490 e. The van der Waals surface area contributed by atoms with Crippen molar-refractivity contribution in [3.63, 3.8) is 0 Å². The van der Waals surface area contributed by atoms with E-state index >= 15 is 0 Å². The summed E-state index contributed by atoms with van der Waals surface area (Å²) in [7, 11) is -4.92. The lowest BCUT2D eigenvalue weighted by Gasteiger charge is -2.39. The Kier molecular flexibility index (Phi) is 8.54. The summed E-state index contributed by atoms with van der Waals surface area (Å²) < 4.78 is 189. The summed E-state index contributed by atoms with van der Waals surface area (Å²) in [5, 5.41) is 0.550. The zero-order valence-electron chi connectivity index (χ0n) is 22.0. The van der Waals surface area contributed by atoms with E-state index in [1.807, 2.05) is 0 Å². The predicted molar refractivity (Wildman–Crippen MR) is 123 cm³/mol. The normalized spacial score (nSPS) is 19.8. The Morgan fingerprint density at radius 2 is 1.10 bits per heavy atom. The van der Waals surface area contributed by atoms with E-state index in [0.717, 1.165) is 0 Å². The van der Waals surface area contributed by atoms with Gasteiger partial charge in [0.1, 0.15) is 0 Å². The van der Waals surface area contributed by atoms with Gasteiger partial charge in [0.05, 0.1) is 19.3 Å². The quantitative estimate of drug-likeness (QED) is 0.207. The molecule has 0 radical (unpaired) electrons. The Bertz CT molecular complexity index is 1080. The molecule has 0 spiro atoms. The van der Waals surface area contributed by atoms with E-state index in [9.17, 15) is 57.1 Å². The van der Waals surface area contributed by atoms with Crippen molar-refractivity contribution in [3.8, 4) is 0 Å². The second kappa shape index (κ2) is 9.92. The molecule has 40 heavy (non-hydrogen) atoms. The Hall–Kier alpha value is -1.75. The number of hydrogen-bond acceptors (Lipinski definition) is 2. The molecule has 0 saturated carbocycles. The van der Waals surface area contributed by atoms with Gasteiger partial charge in [-0.25, -0.2) is 0 Å². The first-order valence-corrected chi connectivity index (χ1v) is 14.8. The van der Waals surface area contributed by atoms with Gasteiger partial charge in [-0.05, 0) is 45.3 Å². The van der Waals surface area contributed by atoms with Crippen LogP contribution in [-0.4, -0.2) is 62.2 Å². The van der Waals surface area contributed by atoms with Gasteiger partial charge in [-0.1, -0.05) is 48.6 Å². The first-order valence-electron chi connectivity index (χ1n) is 11.6. The Balaban J connectivity index is 2.70. The van der Waals surface area contributed by atoms with Crippen molar-refractivity contribution in [3.05, 3.63) is 41.9 Å². The molecule has 0 amide bonds. The zero-order chi connectivity index (χ0) is 31.6. The number of rotatable bonds is 9. The van der Waals surface area contributed by atoms with Crippen LogP contribution in [0.15, 0.2) is 41.9 Å². The van der Waals surface area contributed by atoms with Crippen LogP contribution in [0, 0.1) is 0 Å². The maximum atomic E-state index is 14.9. The molecule has 1 aliphatic heterocycles. The monoisotopic (exact) mass is 620 g/mol. The fourth-order valence-corrected chi connectivity index (χ4v) is 6.39. The van der Waals surface area contributed by atoms with Gasteiger partial charge in [0.2, 0.25) is 0 Å². The molecule has 0 atom stereocenters. The van der Waals surface area contributed by atoms with Crippen molar-refractivity contribution < 1.29 is 66.4 Å². The van der Waals surface area contributed by atoms with Crippen LogP contribution in [0.25, 0.3) is 0 Å². The minimum Gasteiger partial charge on any atom is -0.400 e. The minimum absolute atomic E-state index is 0.550. The molecular weight excluding hydrogens is 594 g/mol. The van der Waals surface area contributed by atoms with Crippen LogP contribution < -0.4 is 5.19 Å². The van der Waals surface area contributed by atoms with E-state index in [4.69, 9.17) is 9.31 Å². The molecule has 228 valence electrons. The lowest BCUT2D eigenvalue weighted by molar-refractivity contribution is -0.436. The van der Waals surface area contributed by atoms with E-state index in [2.05, 4.69) is 0 Å². The van der Waals surface area contributed by atoms with E-state index in [-0.39, 0.29) is 0 Å². The zero-order valence-corrected chi connectivity index (χ0v) is 23.0. The second-order valence-corrected chi connectivity index (χ2v) is 15.9. The van der Waals surface area contributed by atoms with Gasteiger partial charge in [-0.3, -0.25) is 0 Å². The molecule has 0 bridgehead atoms. The first-order chi connectivity index (χ1) is 17.5. The predicted octanol–water partition coefficient (Wildman–Crippen LogP) is 7.90. The molecular formula is C23H26BF13O2Si. The summed E-state index contributed by atoms with van der Waals surface area (Å²) in [6, 6.07) is 7.29. The molecule has 1 saturated heterocycles. The standard InChI is InChI=1S/C23H26BF13O2Si/c1-16(2)17(3,4)39-24(38-16)14(13-40(5,6)15-10-8-7-9-11-15)12-18(25,26)19(27,28)20(29,30)21(31,32)22(33,34)23(35,36)37/h7-12H,13H2,1-6H3/b14-12+. The fourth-order valence-electron chi connectivity index (χ4n) is 3.80. The highest BCUT2D eigenvalue weighted by atomic mass is 28.3. The molecule has 2 rings (SSSR count). The molecule has 0 aromatic heterocycles. The van der Waals surface area contributed by atoms with Crippen molar-refractivity contribution in [2.24, 2.45) is 0 Å². The van der Waals surface area contributed by atoms with E-state index in [1.54, 1.807) is 43.4 Å². The third kappa shape index (κ3) is 5.53. The van der Waals surface area contributed by atoms with Crippen molar-refractivity contribution in [1.29, 1.82) is 0 Å². The van der Waals surface area contributed by atoms with Gasteiger partial charge in [0.25, 0.3) is 0 Å². The summed E-state index contributed by atoms with van der Waals surface area (Å²) in [5.74, 6) is -37.5. The molecule has 1 aromatic carbocycles. The molecule has 1 heterocycles. The van der Waals surface area contributed by atoms with Crippen molar-refractivity contribution in [2.75, 3.05) is 0 Å². The van der Waals surface area contributed by atoms with Crippen molar-refractivity contribution >= 4 is 20.4 Å². The van der Waals surface area contributed by atoms with Crippen molar-refractivity contribution in [1.82, 2.24) is 0 Å². The third-order valence-electron chi connectivity index (χ3n) is 7.08. The minimum atomic E-state index is -7.97. The van der Waals surface area contributed by atoms with Gasteiger partial charge in [-0.15, -0.1) is 0 Å². The summed E-state index contributed by atoms with van der Waals surface area (Å²) in [6.07, 6.45) is -8.33. The van der Waals surface area contributed by atoms with E-state index in [1.165, 1.54) is 27.7 Å². The Morgan fingerprint density at radius 1 is 0.700 bits per heavy atom. The summed E-state index contributed by atoms with van der Waals surface area (Å²) in [5.41, 5.74) is -3.50. The van der Waals surface area contributed by atoms with Gasteiger partial charge in [-0.2, -0.15) is 57.1 Å². The Labute approximate surface area is 223 Å². The molecule has 0 N–H and O–H groups in total. The molecule has 17 heteroatoms. The lowest BCUT2D eigenvalue weighted by Crippen LogP contribution is -2.69. The van der Waals surface area contributed by atoms with Gasteiger partial charge < -0.3 is 9.31 Å². The van der Waals surface area contributed by atoms with Gasteiger partial charge in [0.15, 0.2) is 0 Å². The lowest BCUT2D eigenvalue weighted by atomic mass is 9.77. The highest BCUT2D eigenvalue weighted by Gasteiger charge is 2.90. The van der Waals surface area contributed by atoms with Crippen molar-refractivity contribution in [2.45, 2.75) is 93.8 Å². The van der Waals surface area contributed by atoms with E-state index < -0.39 is 79.8 Å². The SMILES string of the molecule is CC1(C)OB(/C(=C/C(F)(F)C(F)(F)C(F)(F)C(F)(F)C(F)(F)C(F)(F)F)C[Si](C)(C)c2ccccc2)OC1(C)C. The molecule has 1 fully saturated rings. The van der Waals surface area contributed by atoms with Gasteiger partial charge >= 0.3 is 42.9 Å². The average molecular weight is 620 g/mol. The number of benzene rings is 1. The number of hydrogen-bond donors (Lipinski definition) is 0. The molecule has 2 nitrogen and oxygen atoms in total. The number of alkyl halides is 13. The van der Waals surface area contributed by atoms with Crippen LogP contribution in [0.1, 0.15) is 27.7 Å².